The van der Waals surface area contributed by atoms with Gasteiger partial charge >= 0.3 is 0 Å². The van der Waals surface area contributed by atoms with Crippen molar-refractivity contribution in [3.8, 4) is 0 Å². The molecule has 3 atom stereocenters. The van der Waals surface area contributed by atoms with E-state index in [-0.39, 0.29) is 33.9 Å². The molecular weight excluding hydrogens is 382 g/mol. The van der Waals surface area contributed by atoms with E-state index >= 15 is 0 Å². The number of amides is 1. The van der Waals surface area contributed by atoms with E-state index in [9.17, 15) is 9.59 Å². The summed E-state index contributed by atoms with van der Waals surface area (Å²) in [5, 5.41) is 3.14. The maximum atomic E-state index is 12.8. The molecule has 2 heterocycles. The van der Waals surface area contributed by atoms with Gasteiger partial charge < -0.3 is 5.32 Å². The number of carbonyl (C=O) groups excluding carboxylic acids is 1. The Labute approximate surface area is 155 Å². The monoisotopic (exact) mass is 403 g/mol. The summed E-state index contributed by atoms with van der Waals surface area (Å²) in [6.45, 7) is 6.88. The highest BCUT2D eigenvalue weighted by atomic mass is 79.9. The molecule has 1 N–H and O–H groups in total. The number of hydrogen-bond acceptors (Lipinski definition) is 3. The molecule has 5 nitrogen and oxygen atoms in total. The normalized spacial score (nSPS) is 29.9. The Morgan fingerprint density at radius 3 is 2.76 bits per heavy atom. The first kappa shape index (κ1) is 16.8. The minimum atomic E-state index is -0.337. The highest BCUT2D eigenvalue weighted by Crippen LogP contribution is 2.65. The van der Waals surface area contributed by atoms with Gasteiger partial charge in [0, 0.05) is 22.9 Å². The van der Waals surface area contributed by atoms with Crippen molar-refractivity contribution in [2.24, 2.45) is 16.7 Å². The molecular formula is C19H22BrN3O2. The molecule has 0 unspecified atom stereocenters. The topological polar surface area (TPSA) is 63.5 Å². The van der Waals surface area contributed by atoms with Gasteiger partial charge in [0.25, 0.3) is 11.5 Å². The summed E-state index contributed by atoms with van der Waals surface area (Å²) in [6.07, 6.45) is 6.37. The van der Waals surface area contributed by atoms with Crippen molar-refractivity contribution in [1.82, 2.24) is 14.7 Å². The highest BCUT2D eigenvalue weighted by Gasteiger charge is 2.61. The molecule has 2 aliphatic rings. The van der Waals surface area contributed by atoms with Crippen LogP contribution in [-0.4, -0.2) is 21.3 Å². The molecule has 0 aromatic carbocycles. The molecule has 4 rings (SSSR count). The fourth-order valence-electron chi connectivity index (χ4n) is 4.86. The van der Waals surface area contributed by atoms with Crippen LogP contribution in [0.1, 0.15) is 50.4 Å². The van der Waals surface area contributed by atoms with Crippen molar-refractivity contribution in [2.75, 3.05) is 0 Å². The zero-order valence-electron chi connectivity index (χ0n) is 14.7. The largest absolute Gasteiger partial charge is 0.349 e. The number of halogens is 1. The van der Waals surface area contributed by atoms with Crippen LogP contribution in [0.25, 0.3) is 5.65 Å². The Bertz CT molecular complexity index is 936. The van der Waals surface area contributed by atoms with E-state index in [2.05, 4.69) is 47.0 Å². The van der Waals surface area contributed by atoms with Crippen LogP contribution in [0.3, 0.4) is 0 Å². The average Bonchev–Trinajstić information content (AvgIpc) is 2.89. The highest BCUT2D eigenvalue weighted by molar-refractivity contribution is 9.10. The van der Waals surface area contributed by atoms with E-state index in [1.807, 2.05) is 6.07 Å². The molecule has 0 spiro atoms. The SMILES string of the molecule is CC1(C)[C@H]2CC[C@@]1(C)[C@H](NC(=O)c1cnc3ccc(Br)cn3c1=O)C2. The van der Waals surface area contributed by atoms with Gasteiger partial charge in [-0.05, 0) is 64.1 Å². The van der Waals surface area contributed by atoms with Crippen LogP contribution >= 0.6 is 15.9 Å². The quantitative estimate of drug-likeness (QED) is 0.835. The van der Waals surface area contributed by atoms with Crippen molar-refractivity contribution in [2.45, 2.75) is 46.1 Å². The summed E-state index contributed by atoms with van der Waals surface area (Å²) in [7, 11) is 0. The van der Waals surface area contributed by atoms with Crippen molar-refractivity contribution in [3.05, 3.63) is 44.9 Å². The van der Waals surface area contributed by atoms with Gasteiger partial charge in [-0.1, -0.05) is 20.8 Å². The van der Waals surface area contributed by atoms with E-state index in [1.54, 1.807) is 12.3 Å². The summed E-state index contributed by atoms with van der Waals surface area (Å²) < 4.78 is 2.18. The lowest BCUT2D eigenvalue weighted by Crippen LogP contribution is -2.48. The van der Waals surface area contributed by atoms with Crippen molar-refractivity contribution < 1.29 is 4.79 Å². The lowest BCUT2D eigenvalue weighted by Gasteiger charge is -2.39. The van der Waals surface area contributed by atoms with Gasteiger partial charge in [-0.15, -0.1) is 0 Å². The summed E-state index contributed by atoms with van der Waals surface area (Å²) in [6, 6.07) is 3.67. The third kappa shape index (κ3) is 2.30. The Hall–Kier alpha value is -1.69. The Kier molecular flexibility index (Phi) is 3.62. The Morgan fingerprint density at radius 1 is 1.36 bits per heavy atom. The molecule has 2 saturated carbocycles. The van der Waals surface area contributed by atoms with E-state index in [0.717, 1.165) is 17.3 Å². The zero-order valence-corrected chi connectivity index (χ0v) is 16.3. The molecule has 2 aromatic heterocycles. The smallest absolute Gasteiger partial charge is 0.270 e. The number of carbonyl (C=O) groups is 1. The van der Waals surface area contributed by atoms with Gasteiger partial charge in [0.15, 0.2) is 0 Å². The number of hydrogen-bond donors (Lipinski definition) is 1. The van der Waals surface area contributed by atoms with Gasteiger partial charge in [0.2, 0.25) is 0 Å². The molecule has 0 aliphatic heterocycles. The lowest BCUT2D eigenvalue weighted by atomic mass is 9.69. The third-order valence-corrected chi connectivity index (χ3v) is 7.48. The number of nitrogens with zero attached hydrogens (tertiary/aromatic N) is 2. The van der Waals surface area contributed by atoms with Gasteiger partial charge in [-0.3, -0.25) is 14.0 Å². The van der Waals surface area contributed by atoms with Crippen molar-refractivity contribution >= 4 is 27.5 Å². The second kappa shape index (κ2) is 5.40. The standard InChI is InChI=1S/C19H22BrN3O2/c1-18(2)11-6-7-19(18,3)14(8-11)22-16(24)13-9-21-15-5-4-12(20)10-23(15)17(13)25/h4-5,9-11,14H,6-8H2,1-3H3,(H,22,24)/t11-,14+,19-/m0/s1. The third-order valence-electron chi connectivity index (χ3n) is 7.01. The molecule has 1 amide bonds. The summed E-state index contributed by atoms with van der Waals surface area (Å²) >= 11 is 3.35. The number of fused-ring (bicyclic) bond motifs is 3. The molecule has 25 heavy (non-hydrogen) atoms. The fourth-order valence-corrected chi connectivity index (χ4v) is 5.20. The molecule has 2 bridgehead atoms. The van der Waals surface area contributed by atoms with Crippen LogP contribution < -0.4 is 10.9 Å². The molecule has 0 saturated heterocycles. The van der Waals surface area contributed by atoms with Gasteiger partial charge in [-0.25, -0.2) is 4.98 Å². The van der Waals surface area contributed by atoms with Gasteiger partial charge in [0.1, 0.15) is 11.2 Å². The summed E-state index contributed by atoms with van der Waals surface area (Å²) in [5.41, 5.74) is 0.581. The predicted octanol–water partition coefficient (Wildman–Crippen LogP) is 3.40. The molecule has 132 valence electrons. The van der Waals surface area contributed by atoms with Crippen LogP contribution in [0.5, 0.6) is 0 Å². The van der Waals surface area contributed by atoms with Crippen LogP contribution in [0.2, 0.25) is 0 Å². The van der Waals surface area contributed by atoms with Gasteiger partial charge in [0.05, 0.1) is 0 Å². The predicted molar refractivity (Wildman–Crippen MR) is 99.6 cm³/mol. The first-order valence-corrected chi connectivity index (χ1v) is 9.51. The minimum absolute atomic E-state index is 0.0802. The molecule has 2 aliphatic carbocycles. The molecule has 6 heteroatoms. The fraction of sp³-hybridized carbons (Fsp3) is 0.526. The Morgan fingerprint density at radius 2 is 2.12 bits per heavy atom. The maximum absolute atomic E-state index is 12.8. The van der Waals surface area contributed by atoms with Gasteiger partial charge in [-0.2, -0.15) is 0 Å². The van der Waals surface area contributed by atoms with E-state index in [4.69, 9.17) is 0 Å². The van der Waals surface area contributed by atoms with Crippen molar-refractivity contribution in [1.29, 1.82) is 0 Å². The van der Waals surface area contributed by atoms with E-state index in [0.29, 0.717) is 11.6 Å². The number of rotatable bonds is 2. The molecule has 0 radical (unpaired) electrons. The van der Waals surface area contributed by atoms with Crippen LogP contribution in [0.4, 0.5) is 0 Å². The second-order valence-electron chi connectivity index (χ2n) is 8.19. The first-order chi connectivity index (χ1) is 11.7. The molecule has 2 aromatic rings. The zero-order chi connectivity index (χ0) is 18.0. The molecule has 2 fully saturated rings. The maximum Gasteiger partial charge on any atom is 0.270 e. The Balaban J connectivity index is 1.66. The van der Waals surface area contributed by atoms with Crippen molar-refractivity contribution in [3.63, 3.8) is 0 Å². The number of aromatic nitrogens is 2. The first-order valence-electron chi connectivity index (χ1n) is 8.72. The van der Waals surface area contributed by atoms with Crippen LogP contribution in [-0.2, 0) is 0 Å². The second-order valence-corrected chi connectivity index (χ2v) is 9.10. The van der Waals surface area contributed by atoms with E-state index < -0.39 is 0 Å². The number of nitrogens with one attached hydrogen (secondary N) is 1. The lowest BCUT2D eigenvalue weighted by molar-refractivity contribution is 0.0824. The van der Waals surface area contributed by atoms with Crippen LogP contribution in [0, 0.1) is 16.7 Å². The number of pyridine rings is 1. The summed E-state index contributed by atoms with van der Waals surface area (Å²) in [4.78, 5) is 29.8. The minimum Gasteiger partial charge on any atom is -0.349 e. The van der Waals surface area contributed by atoms with Crippen LogP contribution in [0.15, 0.2) is 33.8 Å². The summed E-state index contributed by atoms with van der Waals surface area (Å²) in [5.74, 6) is 0.316. The average molecular weight is 404 g/mol. The van der Waals surface area contributed by atoms with E-state index in [1.165, 1.54) is 17.0 Å².